The van der Waals surface area contributed by atoms with Gasteiger partial charge in [-0.2, -0.15) is 4.98 Å². The molecule has 0 unspecified atom stereocenters. The second-order valence-electron chi connectivity index (χ2n) is 6.11. The summed E-state index contributed by atoms with van der Waals surface area (Å²) in [6.07, 6.45) is 3.10. The van der Waals surface area contributed by atoms with Crippen molar-refractivity contribution in [1.82, 2.24) is 15.0 Å². The lowest BCUT2D eigenvalue weighted by Gasteiger charge is -2.30. The molecule has 1 saturated heterocycles. The highest BCUT2D eigenvalue weighted by Gasteiger charge is 2.25. The number of carbonyl (C=O) groups excluding carboxylic acids is 2. The molecule has 0 atom stereocenters. The number of aromatic nitrogens is 2. The summed E-state index contributed by atoms with van der Waals surface area (Å²) in [5, 5.41) is 3.90. The standard InChI is InChI=1S/C15H24N4O3/c1-10(2)15-17-12(22-18-15)4-3-5-13(20)19-8-6-11(7-9-19)14(16)21/h10-11H,3-9H2,1-2H3,(H2,16,21). The minimum absolute atomic E-state index is 0.0862. The van der Waals surface area contributed by atoms with Crippen molar-refractivity contribution in [1.29, 1.82) is 0 Å². The first-order valence-corrected chi connectivity index (χ1v) is 7.87. The van der Waals surface area contributed by atoms with Crippen LogP contribution in [0, 0.1) is 5.92 Å². The fourth-order valence-corrected chi connectivity index (χ4v) is 2.57. The van der Waals surface area contributed by atoms with Gasteiger partial charge in [0.15, 0.2) is 5.82 Å². The number of primary amides is 1. The molecule has 2 heterocycles. The van der Waals surface area contributed by atoms with Crippen LogP contribution in [0.3, 0.4) is 0 Å². The summed E-state index contributed by atoms with van der Waals surface area (Å²) < 4.78 is 5.16. The van der Waals surface area contributed by atoms with Crippen LogP contribution in [-0.4, -0.2) is 39.9 Å². The van der Waals surface area contributed by atoms with Crippen LogP contribution in [0.4, 0.5) is 0 Å². The number of nitrogens with zero attached hydrogens (tertiary/aromatic N) is 3. The van der Waals surface area contributed by atoms with Crippen LogP contribution in [0.15, 0.2) is 4.52 Å². The molecule has 0 radical (unpaired) electrons. The van der Waals surface area contributed by atoms with Crippen molar-refractivity contribution in [3.63, 3.8) is 0 Å². The van der Waals surface area contributed by atoms with Crippen LogP contribution >= 0.6 is 0 Å². The Morgan fingerprint density at radius 1 is 1.36 bits per heavy atom. The molecule has 0 aromatic carbocycles. The van der Waals surface area contributed by atoms with Gasteiger partial charge in [-0.15, -0.1) is 0 Å². The minimum atomic E-state index is -0.260. The Morgan fingerprint density at radius 3 is 2.59 bits per heavy atom. The zero-order valence-electron chi connectivity index (χ0n) is 13.2. The number of aryl methyl sites for hydroxylation is 1. The molecule has 2 rings (SSSR count). The van der Waals surface area contributed by atoms with Crippen molar-refractivity contribution in [3.8, 4) is 0 Å². The van der Waals surface area contributed by atoms with Crippen LogP contribution in [0.25, 0.3) is 0 Å². The first-order chi connectivity index (χ1) is 10.5. The Balaban J connectivity index is 1.70. The molecule has 0 bridgehead atoms. The van der Waals surface area contributed by atoms with Crippen LogP contribution in [0.1, 0.15) is 57.2 Å². The predicted molar refractivity (Wildman–Crippen MR) is 79.8 cm³/mol. The Kier molecular flexibility index (Phi) is 5.51. The van der Waals surface area contributed by atoms with Crippen LogP contribution in [0.2, 0.25) is 0 Å². The smallest absolute Gasteiger partial charge is 0.226 e. The lowest BCUT2D eigenvalue weighted by molar-refractivity contribution is -0.134. The van der Waals surface area contributed by atoms with Gasteiger partial charge in [-0.05, 0) is 19.3 Å². The molecule has 22 heavy (non-hydrogen) atoms. The average molecular weight is 308 g/mol. The van der Waals surface area contributed by atoms with E-state index in [1.165, 1.54) is 0 Å². The highest BCUT2D eigenvalue weighted by Crippen LogP contribution is 2.18. The largest absolute Gasteiger partial charge is 0.369 e. The van der Waals surface area contributed by atoms with Crippen molar-refractivity contribution in [2.45, 2.75) is 51.9 Å². The SMILES string of the molecule is CC(C)c1noc(CCCC(=O)N2CCC(C(N)=O)CC2)n1. The Labute approximate surface area is 130 Å². The maximum Gasteiger partial charge on any atom is 0.226 e. The van der Waals surface area contributed by atoms with E-state index in [1.807, 2.05) is 18.7 Å². The lowest BCUT2D eigenvalue weighted by atomic mass is 9.96. The van der Waals surface area contributed by atoms with Gasteiger partial charge in [0, 0.05) is 37.8 Å². The second-order valence-corrected chi connectivity index (χ2v) is 6.11. The number of amides is 2. The maximum absolute atomic E-state index is 12.1. The molecule has 2 N–H and O–H groups in total. The van der Waals surface area contributed by atoms with Crippen molar-refractivity contribution >= 4 is 11.8 Å². The van der Waals surface area contributed by atoms with E-state index in [2.05, 4.69) is 10.1 Å². The monoisotopic (exact) mass is 308 g/mol. The predicted octanol–water partition coefficient (Wildman–Crippen LogP) is 1.24. The molecular weight excluding hydrogens is 284 g/mol. The van der Waals surface area contributed by atoms with Gasteiger partial charge in [-0.25, -0.2) is 0 Å². The molecule has 0 saturated carbocycles. The average Bonchev–Trinajstić information content (AvgIpc) is 2.96. The molecule has 7 nitrogen and oxygen atoms in total. The topological polar surface area (TPSA) is 102 Å². The second kappa shape index (κ2) is 7.38. The normalized spacial score (nSPS) is 16.2. The van der Waals surface area contributed by atoms with Gasteiger partial charge < -0.3 is 15.2 Å². The van der Waals surface area contributed by atoms with E-state index >= 15 is 0 Å². The van der Waals surface area contributed by atoms with E-state index in [-0.39, 0.29) is 23.7 Å². The van der Waals surface area contributed by atoms with Gasteiger partial charge >= 0.3 is 0 Å². The number of nitrogens with two attached hydrogens (primary N) is 1. The summed E-state index contributed by atoms with van der Waals surface area (Å²) in [5.41, 5.74) is 5.29. The third-order valence-electron chi connectivity index (χ3n) is 4.03. The Morgan fingerprint density at radius 2 is 2.05 bits per heavy atom. The van der Waals surface area contributed by atoms with Gasteiger partial charge in [-0.3, -0.25) is 9.59 Å². The molecule has 7 heteroatoms. The highest BCUT2D eigenvalue weighted by molar-refractivity contribution is 5.78. The van der Waals surface area contributed by atoms with Crippen LogP contribution in [0.5, 0.6) is 0 Å². The van der Waals surface area contributed by atoms with Gasteiger partial charge in [0.2, 0.25) is 17.7 Å². The lowest BCUT2D eigenvalue weighted by Crippen LogP contribution is -2.41. The van der Waals surface area contributed by atoms with Crippen molar-refractivity contribution in [3.05, 3.63) is 11.7 Å². The molecule has 1 aliphatic heterocycles. The number of piperidine rings is 1. The first kappa shape index (κ1) is 16.5. The Bertz CT molecular complexity index is 519. The molecule has 1 fully saturated rings. The third-order valence-corrected chi connectivity index (χ3v) is 4.03. The third kappa shape index (κ3) is 4.29. The van der Waals surface area contributed by atoms with Crippen molar-refractivity contribution in [2.75, 3.05) is 13.1 Å². The van der Waals surface area contributed by atoms with E-state index in [0.717, 1.165) is 0 Å². The number of rotatable bonds is 6. The fourth-order valence-electron chi connectivity index (χ4n) is 2.57. The van der Waals surface area contributed by atoms with E-state index in [4.69, 9.17) is 10.3 Å². The number of hydrogen-bond acceptors (Lipinski definition) is 5. The van der Waals surface area contributed by atoms with Crippen molar-refractivity contribution < 1.29 is 14.1 Å². The van der Waals surface area contributed by atoms with Crippen LogP contribution < -0.4 is 5.73 Å². The number of carbonyl (C=O) groups is 2. The van der Waals surface area contributed by atoms with E-state index in [0.29, 0.717) is 56.9 Å². The molecule has 2 amide bonds. The fraction of sp³-hybridized carbons (Fsp3) is 0.733. The number of hydrogen-bond donors (Lipinski definition) is 1. The highest BCUT2D eigenvalue weighted by atomic mass is 16.5. The van der Waals surface area contributed by atoms with Gasteiger partial charge in [0.05, 0.1) is 0 Å². The zero-order chi connectivity index (χ0) is 16.1. The maximum atomic E-state index is 12.1. The molecule has 1 aliphatic rings. The van der Waals surface area contributed by atoms with E-state index < -0.39 is 0 Å². The van der Waals surface area contributed by atoms with Gasteiger partial charge in [-0.1, -0.05) is 19.0 Å². The minimum Gasteiger partial charge on any atom is -0.369 e. The summed E-state index contributed by atoms with van der Waals surface area (Å²) in [5.74, 6) is 1.30. The molecule has 1 aromatic heterocycles. The quantitative estimate of drug-likeness (QED) is 0.851. The number of likely N-dealkylation sites (tertiary alicyclic amines) is 1. The molecule has 122 valence electrons. The van der Waals surface area contributed by atoms with Gasteiger partial charge in [0.1, 0.15) is 0 Å². The summed E-state index contributed by atoms with van der Waals surface area (Å²) in [7, 11) is 0. The van der Waals surface area contributed by atoms with Crippen molar-refractivity contribution in [2.24, 2.45) is 11.7 Å². The zero-order valence-corrected chi connectivity index (χ0v) is 13.2. The van der Waals surface area contributed by atoms with E-state index in [9.17, 15) is 9.59 Å². The summed E-state index contributed by atoms with van der Waals surface area (Å²) in [4.78, 5) is 29.3. The molecule has 0 aliphatic carbocycles. The van der Waals surface area contributed by atoms with Crippen LogP contribution in [-0.2, 0) is 16.0 Å². The molecule has 0 spiro atoms. The van der Waals surface area contributed by atoms with E-state index in [1.54, 1.807) is 0 Å². The molecular formula is C15H24N4O3. The first-order valence-electron chi connectivity index (χ1n) is 7.87. The summed E-state index contributed by atoms with van der Waals surface area (Å²) in [6, 6.07) is 0. The summed E-state index contributed by atoms with van der Waals surface area (Å²) >= 11 is 0. The Hall–Kier alpha value is -1.92. The van der Waals surface area contributed by atoms with Gasteiger partial charge in [0.25, 0.3) is 0 Å². The molecule has 1 aromatic rings. The summed E-state index contributed by atoms with van der Waals surface area (Å²) in [6.45, 7) is 5.25.